The Morgan fingerprint density at radius 2 is 1.91 bits per heavy atom. The van der Waals surface area contributed by atoms with Crippen LogP contribution in [0.25, 0.3) is 10.9 Å². The molecule has 0 spiro atoms. The van der Waals surface area contributed by atoms with Crippen molar-refractivity contribution in [1.82, 2.24) is 9.97 Å². The topological polar surface area (TPSA) is 63.1 Å². The summed E-state index contributed by atoms with van der Waals surface area (Å²) < 4.78 is 13.9. The van der Waals surface area contributed by atoms with Gasteiger partial charge in [-0.1, -0.05) is 5.92 Å². The summed E-state index contributed by atoms with van der Waals surface area (Å²) in [5, 5.41) is 11.0. The predicted molar refractivity (Wildman–Crippen MR) is 125 cm³/mol. The molecular formula is C28H27FN2O2. The molecule has 2 aromatic heterocycles. The smallest absolute Gasteiger partial charge is 0.144 e. The molecule has 1 N–H and O–H groups in total. The molecule has 5 rings (SSSR count). The summed E-state index contributed by atoms with van der Waals surface area (Å²) in [6.45, 7) is -0.122. The molecule has 0 saturated heterocycles. The third-order valence-corrected chi connectivity index (χ3v) is 7.76. The highest BCUT2D eigenvalue weighted by atomic mass is 19.1. The Bertz CT molecular complexity index is 1200. The lowest BCUT2D eigenvalue weighted by atomic mass is 9.83. The minimum absolute atomic E-state index is 0.0515. The Hall–Kier alpha value is -3.10. The summed E-state index contributed by atoms with van der Waals surface area (Å²) in [6.07, 6.45) is 13.0. The third kappa shape index (κ3) is 4.28. The first-order valence-corrected chi connectivity index (χ1v) is 11.6. The van der Waals surface area contributed by atoms with Crippen LogP contribution in [0, 0.1) is 41.8 Å². The molecular weight excluding hydrogens is 415 g/mol. The van der Waals surface area contributed by atoms with Crippen molar-refractivity contribution >= 4 is 16.7 Å². The molecule has 0 amide bonds. The van der Waals surface area contributed by atoms with E-state index in [1.165, 1.54) is 11.6 Å². The van der Waals surface area contributed by atoms with E-state index < -0.39 is 0 Å². The fourth-order valence-corrected chi connectivity index (χ4v) is 6.18. The average Bonchev–Trinajstić information content (AvgIpc) is 3.39. The zero-order chi connectivity index (χ0) is 22.9. The fraction of sp³-hybridized carbons (Fsp3) is 0.393. The second-order valence-corrected chi connectivity index (χ2v) is 9.60. The summed E-state index contributed by atoms with van der Waals surface area (Å²) in [6, 6.07) is 10.4. The fourth-order valence-electron chi connectivity index (χ4n) is 6.18. The molecule has 2 aliphatic carbocycles. The first kappa shape index (κ1) is 21.7. The molecule has 2 fully saturated rings. The molecule has 5 heteroatoms. The van der Waals surface area contributed by atoms with Crippen LogP contribution in [-0.4, -0.2) is 27.5 Å². The van der Waals surface area contributed by atoms with Gasteiger partial charge in [-0.2, -0.15) is 0 Å². The Kier molecular flexibility index (Phi) is 5.95. The zero-order valence-electron chi connectivity index (χ0n) is 18.5. The van der Waals surface area contributed by atoms with Crippen molar-refractivity contribution in [3.8, 4) is 12.3 Å². The summed E-state index contributed by atoms with van der Waals surface area (Å²) in [5.74, 6) is 3.65. The van der Waals surface area contributed by atoms with Gasteiger partial charge in [-0.3, -0.25) is 14.8 Å². The van der Waals surface area contributed by atoms with Gasteiger partial charge in [-0.05, 0) is 91.3 Å². The number of carbonyl (C=O) groups is 1. The van der Waals surface area contributed by atoms with E-state index in [0.29, 0.717) is 29.0 Å². The van der Waals surface area contributed by atoms with E-state index in [9.17, 15) is 14.3 Å². The minimum atomic E-state index is -0.348. The Balaban J connectivity index is 1.25. The molecule has 3 aromatic rings. The lowest BCUT2D eigenvalue weighted by Crippen LogP contribution is -2.28. The SMILES string of the molecule is C#Cc1ccc(CC(=O)C(CO)C2C[C@H]3CC(c4ccnc5ccc(F)cc45)C[C@H]3C2)nc1. The number of ketones is 1. The Morgan fingerprint density at radius 1 is 1.12 bits per heavy atom. The van der Waals surface area contributed by atoms with E-state index in [4.69, 9.17) is 6.42 Å². The lowest BCUT2D eigenvalue weighted by Gasteiger charge is -2.22. The summed E-state index contributed by atoms with van der Waals surface area (Å²) in [4.78, 5) is 21.7. The largest absolute Gasteiger partial charge is 0.396 e. The maximum absolute atomic E-state index is 13.9. The van der Waals surface area contributed by atoms with Gasteiger partial charge >= 0.3 is 0 Å². The molecule has 1 aromatic carbocycles. The summed E-state index contributed by atoms with van der Waals surface area (Å²) >= 11 is 0. The van der Waals surface area contributed by atoms with E-state index in [2.05, 4.69) is 15.9 Å². The van der Waals surface area contributed by atoms with E-state index in [-0.39, 0.29) is 36.5 Å². The zero-order valence-corrected chi connectivity index (χ0v) is 18.5. The number of aliphatic hydroxyl groups is 1. The molecule has 5 atom stereocenters. The number of halogens is 1. The second-order valence-electron chi connectivity index (χ2n) is 9.60. The molecule has 0 aliphatic heterocycles. The monoisotopic (exact) mass is 442 g/mol. The van der Waals surface area contributed by atoms with Crippen LogP contribution in [0.1, 0.15) is 48.4 Å². The average molecular weight is 443 g/mol. The normalized spacial score (nSPS) is 25.0. The van der Waals surface area contributed by atoms with Crippen LogP contribution in [0.4, 0.5) is 4.39 Å². The predicted octanol–water partition coefficient (Wildman–Crippen LogP) is 4.69. The maximum Gasteiger partial charge on any atom is 0.144 e. The first-order chi connectivity index (χ1) is 16.1. The van der Waals surface area contributed by atoms with Crippen molar-refractivity contribution in [2.24, 2.45) is 23.7 Å². The number of Topliss-reactive ketones (excluding diaryl/α,β-unsaturated/α-hetero) is 1. The third-order valence-electron chi connectivity index (χ3n) is 7.76. The number of aromatic nitrogens is 2. The van der Waals surface area contributed by atoms with Gasteiger partial charge in [0.2, 0.25) is 0 Å². The molecule has 2 saturated carbocycles. The maximum atomic E-state index is 13.9. The van der Waals surface area contributed by atoms with Crippen molar-refractivity contribution in [3.05, 3.63) is 71.4 Å². The van der Waals surface area contributed by atoms with Crippen LogP contribution in [-0.2, 0) is 11.2 Å². The van der Waals surface area contributed by atoms with Crippen molar-refractivity contribution in [2.45, 2.75) is 38.0 Å². The number of carbonyl (C=O) groups excluding carboxylic acids is 1. The standard InChI is InChI=1S/C28H27FN2O2/c1-2-17-3-5-23(31-15-17)14-28(33)26(16-32)21-11-18-9-20(10-19(18)12-21)24-7-8-30-27-6-4-22(29)13-25(24)27/h1,3-8,13,15,18-21,26,32H,9-12,14,16H2/t18-,19+,20?,21?,26?. The summed E-state index contributed by atoms with van der Waals surface area (Å²) in [7, 11) is 0. The van der Waals surface area contributed by atoms with Crippen molar-refractivity contribution in [2.75, 3.05) is 6.61 Å². The number of rotatable bonds is 6. The molecule has 0 radical (unpaired) electrons. The quantitative estimate of drug-likeness (QED) is 0.563. The van der Waals surface area contributed by atoms with Gasteiger partial charge in [0.15, 0.2) is 0 Å². The Labute approximate surface area is 193 Å². The molecule has 4 nitrogen and oxygen atoms in total. The lowest BCUT2D eigenvalue weighted by molar-refractivity contribution is -0.125. The number of pyridine rings is 2. The molecule has 0 bridgehead atoms. The molecule has 33 heavy (non-hydrogen) atoms. The number of benzene rings is 1. The van der Waals surface area contributed by atoms with Gasteiger partial charge in [0, 0.05) is 41.4 Å². The van der Waals surface area contributed by atoms with Crippen molar-refractivity contribution < 1.29 is 14.3 Å². The van der Waals surface area contributed by atoms with Crippen LogP contribution in [0.3, 0.4) is 0 Å². The highest BCUT2D eigenvalue weighted by Crippen LogP contribution is 2.54. The van der Waals surface area contributed by atoms with Crippen LogP contribution in [0.15, 0.2) is 48.8 Å². The highest BCUT2D eigenvalue weighted by molar-refractivity contribution is 5.83. The highest BCUT2D eigenvalue weighted by Gasteiger charge is 2.45. The van der Waals surface area contributed by atoms with Crippen molar-refractivity contribution in [3.63, 3.8) is 0 Å². The number of hydrogen-bond acceptors (Lipinski definition) is 4. The Morgan fingerprint density at radius 3 is 2.58 bits per heavy atom. The molecule has 3 unspecified atom stereocenters. The summed E-state index contributed by atoms with van der Waals surface area (Å²) in [5.41, 5.74) is 3.39. The van der Waals surface area contributed by atoms with E-state index in [1.807, 2.05) is 12.3 Å². The van der Waals surface area contributed by atoms with Crippen LogP contribution < -0.4 is 0 Å². The number of fused-ring (bicyclic) bond motifs is 2. The molecule has 2 aliphatic rings. The van der Waals surface area contributed by atoms with E-state index in [0.717, 1.165) is 36.6 Å². The van der Waals surface area contributed by atoms with E-state index in [1.54, 1.807) is 30.5 Å². The number of aliphatic hydroxyl groups excluding tert-OH is 1. The number of hydrogen-bond donors (Lipinski definition) is 1. The van der Waals surface area contributed by atoms with Crippen LogP contribution in [0.2, 0.25) is 0 Å². The van der Waals surface area contributed by atoms with E-state index >= 15 is 0 Å². The van der Waals surface area contributed by atoms with Crippen LogP contribution >= 0.6 is 0 Å². The van der Waals surface area contributed by atoms with Gasteiger partial charge in [-0.25, -0.2) is 4.39 Å². The van der Waals surface area contributed by atoms with Crippen LogP contribution in [0.5, 0.6) is 0 Å². The van der Waals surface area contributed by atoms with Gasteiger partial charge < -0.3 is 5.11 Å². The van der Waals surface area contributed by atoms with Gasteiger partial charge in [-0.15, -0.1) is 6.42 Å². The number of nitrogens with zero attached hydrogens (tertiary/aromatic N) is 2. The number of terminal acetylenes is 1. The van der Waals surface area contributed by atoms with Gasteiger partial charge in [0.05, 0.1) is 12.1 Å². The van der Waals surface area contributed by atoms with Gasteiger partial charge in [0.1, 0.15) is 11.6 Å². The molecule has 2 heterocycles. The van der Waals surface area contributed by atoms with Crippen molar-refractivity contribution in [1.29, 1.82) is 0 Å². The second kappa shape index (κ2) is 9.03. The minimum Gasteiger partial charge on any atom is -0.396 e. The van der Waals surface area contributed by atoms with Gasteiger partial charge in [0.25, 0.3) is 0 Å². The molecule has 168 valence electrons. The first-order valence-electron chi connectivity index (χ1n) is 11.6.